The first-order valence-corrected chi connectivity index (χ1v) is 7.51. The minimum absolute atomic E-state index is 0.217. The van der Waals surface area contributed by atoms with Crippen LogP contribution in [0.4, 0.5) is 0 Å². The second-order valence-corrected chi connectivity index (χ2v) is 5.77. The first-order chi connectivity index (χ1) is 11.0. The van der Waals surface area contributed by atoms with E-state index in [1.54, 1.807) is 41.0 Å². The molecule has 0 aliphatic heterocycles. The van der Waals surface area contributed by atoms with Gasteiger partial charge in [0.25, 0.3) is 5.56 Å². The van der Waals surface area contributed by atoms with Crippen molar-refractivity contribution in [2.75, 3.05) is 0 Å². The van der Waals surface area contributed by atoms with E-state index in [1.165, 1.54) is 0 Å². The Kier molecular flexibility index (Phi) is 3.91. The highest BCUT2D eigenvalue weighted by Gasteiger charge is 2.15. The molecule has 0 bridgehead atoms. The highest BCUT2D eigenvalue weighted by atomic mass is 35.5. The SMILES string of the molecule is C[C@H](N)c1cc2cccc(Cl)c2c(=O)n1-c1ccc(C#N)cc1. The summed E-state index contributed by atoms with van der Waals surface area (Å²) < 4.78 is 1.56. The van der Waals surface area contributed by atoms with Gasteiger partial charge in [0.05, 0.1) is 22.0 Å². The van der Waals surface area contributed by atoms with E-state index in [0.717, 1.165) is 5.39 Å². The number of nitrogens with two attached hydrogens (primary N) is 1. The Bertz CT molecular complexity index is 982. The third kappa shape index (κ3) is 2.61. The Morgan fingerprint density at radius 1 is 1.22 bits per heavy atom. The van der Waals surface area contributed by atoms with Gasteiger partial charge in [0.1, 0.15) is 0 Å². The summed E-state index contributed by atoms with van der Waals surface area (Å²) in [6.07, 6.45) is 0. The molecule has 1 atom stereocenters. The highest BCUT2D eigenvalue weighted by molar-refractivity contribution is 6.35. The molecule has 0 saturated carbocycles. The van der Waals surface area contributed by atoms with Gasteiger partial charge in [-0.05, 0) is 48.7 Å². The molecule has 0 aliphatic rings. The van der Waals surface area contributed by atoms with E-state index in [-0.39, 0.29) is 11.6 Å². The molecule has 1 heterocycles. The number of aromatic nitrogens is 1. The van der Waals surface area contributed by atoms with E-state index < -0.39 is 0 Å². The zero-order valence-electron chi connectivity index (χ0n) is 12.5. The number of rotatable bonds is 2. The third-order valence-electron chi connectivity index (χ3n) is 3.75. The van der Waals surface area contributed by atoms with Gasteiger partial charge in [0, 0.05) is 17.4 Å². The first-order valence-electron chi connectivity index (χ1n) is 7.13. The number of hydrogen-bond donors (Lipinski definition) is 1. The quantitative estimate of drug-likeness (QED) is 0.784. The Morgan fingerprint density at radius 3 is 2.52 bits per heavy atom. The summed E-state index contributed by atoms with van der Waals surface area (Å²) in [6.45, 7) is 1.82. The van der Waals surface area contributed by atoms with Crippen molar-refractivity contribution in [1.82, 2.24) is 4.57 Å². The summed E-state index contributed by atoms with van der Waals surface area (Å²) >= 11 is 6.21. The van der Waals surface area contributed by atoms with Gasteiger partial charge in [0.15, 0.2) is 0 Å². The van der Waals surface area contributed by atoms with Gasteiger partial charge in [-0.25, -0.2) is 0 Å². The van der Waals surface area contributed by atoms with E-state index in [4.69, 9.17) is 22.6 Å². The molecule has 0 radical (unpaired) electrons. The van der Waals surface area contributed by atoms with Gasteiger partial charge in [-0.2, -0.15) is 5.26 Å². The Hall–Kier alpha value is -2.61. The monoisotopic (exact) mass is 323 g/mol. The van der Waals surface area contributed by atoms with Gasteiger partial charge < -0.3 is 5.73 Å². The summed E-state index contributed by atoms with van der Waals surface area (Å²) in [6, 6.07) is 15.8. The number of nitrogens with zero attached hydrogens (tertiary/aromatic N) is 2. The topological polar surface area (TPSA) is 71.8 Å². The van der Waals surface area contributed by atoms with Crippen molar-refractivity contribution in [3.05, 3.63) is 75.2 Å². The fraction of sp³-hybridized carbons (Fsp3) is 0.111. The maximum atomic E-state index is 13.0. The number of pyridine rings is 1. The summed E-state index contributed by atoms with van der Waals surface area (Å²) in [5.74, 6) is 0. The van der Waals surface area contributed by atoms with Crippen molar-refractivity contribution in [2.24, 2.45) is 5.73 Å². The molecule has 1 aromatic heterocycles. The fourth-order valence-electron chi connectivity index (χ4n) is 2.63. The Balaban J connectivity index is 2.40. The van der Waals surface area contributed by atoms with Crippen LogP contribution in [0.5, 0.6) is 0 Å². The van der Waals surface area contributed by atoms with Gasteiger partial charge >= 0.3 is 0 Å². The van der Waals surface area contributed by atoms with Crippen LogP contribution in [0.3, 0.4) is 0 Å². The molecule has 5 heteroatoms. The predicted molar refractivity (Wildman–Crippen MR) is 91.9 cm³/mol. The lowest BCUT2D eigenvalue weighted by molar-refractivity contribution is 0.734. The minimum Gasteiger partial charge on any atom is -0.323 e. The molecule has 2 N–H and O–H groups in total. The molecule has 0 fully saturated rings. The van der Waals surface area contributed by atoms with Crippen LogP contribution in [0.15, 0.2) is 53.3 Å². The van der Waals surface area contributed by atoms with Crippen molar-refractivity contribution in [3.63, 3.8) is 0 Å². The zero-order valence-corrected chi connectivity index (χ0v) is 13.2. The number of fused-ring (bicyclic) bond motifs is 1. The number of hydrogen-bond acceptors (Lipinski definition) is 3. The van der Waals surface area contributed by atoms with Crippen molar-refractivity contribution in [2.45, 2.75) is 13.0 Å². The van der Waals surface area contributed by atoms with Crippen LogP contribution >= 0.6 is 11.6 Å². The van der Waals surface area contributed by atoms with Crippen LogP contribution in [-0.2, 0) is 0 Å². The van der Waals surface area contributed by atoms with Crippen molar-refractivity contribution in [1.29, 1.82) is 5.26 Å². The molecule has 4 nitrogen and oxygen atoms in total. The Labute approximate surface area is 138 Å². The standard InChI is InChI=1S/C18H14ClN3O/c1-11(21)16-9-13-3-2-4-15(19)17(13)18(23)22(16)14-7-5-12(10-20)6-8-14/h2-9,11H,21H2,1H3/t11-/m0/s1. The average molecular weight is 324 g/mol. The van der Waals surface area contributed by atoms with Crippen LogP contribution < -0.4 is 11.3 Å². The van der Waals surface area contributed by atoms with Gasteiger partial charge in [0.2, 0.25) is 0 Å². The normalized spacial score (nSPS) is 12.1. The molecule has 2 aromatic carbocycles. The number of benzene rings is 2. The minimum atomic E-state index is -0.332. The predicted octanol–water partition coefficient (Wildman–Crippen LogP) is 3.54. The molecular weight excluding hydrogens is 310 g/mol. The molecule has 0 unspecified atom stereocenters. The van der Waals surface area contributed by atoms with Crippen molar-refractivity contribution < 1.29 is 0 Å². The van der Waals surface area contributed by atoms with E-state index >= 15 is 0 Å². The highest BCUT2D eigenvalue weighted by Crippen LogP contribution is 2.24. The van der Waals surface area contributed by atoms with E-state index in [0.29, 0.717) is 27.4 Å². The van der Waals surface area contributed by atoms with Crippen LogP contribution in [0.1, 0.15) is 24.2 Å². The number of nitriles is 1. The molecule has 0 spiro atoms. The van der Waals surface area contributed by atoms with E-state index in [2.05, 4.69) is 6.07 Å². The molecule has 0 saturated heterocycles. The molecule has 114 valence electrons. The van der Waals surface area contributed by atoms with E-state index in [9.17, 15) is 4.79 Å². The van der Waals surface area contributed by atoms with Crippen molar-refractivity contribution >= 4 is 22.4 Å². The third-order valence-corrected chi connectivity index (χ3v) is 4.06. The first kappa shape index (κ1) is 15.3. The van der Waals surface area contributed by atoms with Gasteiger partial charge in [-0.3, -0.25) is 9.36 Å². The lowest BCUT2D eigenvalue weighted by Gasteiger charge is -2.17. The molecule has 0 aliphatic carbocycles. The average Bonchev–Trinajstić information content (AvgIpc) is 2.54. The van der Waals surface area contributed by atoms with Crippen molar-refractivity contribution in [3.8, 4) is 11.8 Å². The molecule has 0 amide bonds. The lowest BCUT2D eigenvalue weighted by Crippen LogP contribution is -2.25. The van der Waals surface area contributed by atoms with Crippen LogP contribution in [-0.4, -0.2) is 4.57 Å². The van der Waals surface area contributed by atoms with Gasteiger partial charge in [-0.1, -0.05) is 23.7 Å². The van der Waals surface area contributed by atoms with Crippen LogP contribution in [0.25, 0.3) is 16.5 Å². The molecule has 3 aromatic rings. The maximum Gasteiger partial charge on any atom is 0.264 e. The number of halogens is 1. The van der Waals surface area contributed by atoms with E-state index in [1.807, 2.05) is 19.1 Å². The second kappa shape index (κ2) is 5.88. The zero-order chi connectivity index (χ0) is 16.6. The smallest absolute Gasteiger partial charge is 0.264 e. The lowest BCUT2D eigenvalue weighted by atomic mass is 10.1. The summed E-state index contributed by atoms with van der Waals surface area (Å²) in [5.41, 5.74) is 7.72. The Morgan fingerprint density at radius 2 is 1.91 bits per heavy atom. The van der Waals surface area contributed by atoms with Gasteiger partial charge in [-0.15, -0.1) is 0 Å². The van der Waals surface area contributed by atoms with Crippen LogP contribution in [0, 0.1) is 11.3 Å². The summed E-state index contributed by atoms with van der Waals surface area (Å²) in [5, 5.41) is 10.6. The summed E-state index contributed by atoms with van der Waals surface area (Å²) in [4.78, 5) is 13.0. The largest absolute Gasteiger partial charge is 0.323 e. The molecular formula is C18H14ClN3O. The second-order valence-electron chi connectivity index (χ2n) is 5.36. The maximum absolute atomic E-state index is 13.0. The molecule has 23 heavy (non-hydrogen) atoms. The van der Waals surface area contributed by atoms with Crippen LogP contribution in [0.2, 0.25) is 5.02 Å². The summed E-state index contributed by atoms with van der Waals surface area (Å²) in [7, 11) is 0. The fourth-order valence-corrected chi connectivity index (χ4v) is 2.89. The molecule has 3 rings (SSSR count).